The number of rotatable bonds is 5. The molecule has 0 spiro atoms. The van der Waals surface area contributed by atoms with Gasteiger partial charge in [-0.3, -0.25) is 0 Å². The molecule has 90 valence electrons. The van der Waals surface area contributed by atoms with E-state index in [9.17, 15) is 5.11 Å². The lowest BCUT2D eigenvalue weighted by Gasteiger charge is -2.35. The van der Waals surface area contributed by atoms with Crippen molar-refractivity contribution in [3.63, 3.8) is 0 Å². The summed E-state index contributed by atoms with van der Waals surface area (Å²) in [7, 11) is 0. The lowest BCUT2D eigenvalue weighted by atomic mass is 9.93. The Kier molecular flexibility index (Phi) is 5.54. The summed E-state index contributed by atoms with van der Waals surface area (Å²) in [5.74, 6) is 0. The van der Waals surface area contributed by atoms with E-state index in [0.717, 1.165) is 6.42 Å². The average molecular weight is 214 g/mol. The Balaban J connectivity index is 4.43. The summed E-state index contributed by atoms with van der Waals surface area (Å²) in [6, 6.07) is 0. The molecule has 2 unspecified atom stereocenters. The first-order valence-electron chi connectivity index (χ1n) is 5.70. The van der Waals surface area contributed by atoms with Crippen LogP contribution in [0, 0.1) is 5.41 Å². The average Bonchev–Trinajstić information content (AvgIpc) is 2.13. The number of hydrogen-bond acceptors (Lipinski definition) is 2. The molecule has 0 aromatic carbocycles. The number of hydrogen-bond donors (Lipinski definition) is 1. The van der Waals surface area contributed by atoms with Crippen molar-refractivity contribution in [1.29, 1.82) is 0 Å². The van der Waals surface area contributed by atoms with Crippen LogP contribution in [0.15, 0.2) is 12.2 Å². The van der Waals surface area contributed by atoms with E-state index in [0.29, 0.717) is 6.61 Å². The molecular weight excluding hydrogens is 188 g/mol. The molecule has 0 aliphatic carbocycles. The van der Waals surface area contributed by atoms with Crippen LogP contribution in [0.2, 0.25) is 0 Å². The molecule has 0 heterocycles. The van der Waals surface area contributed by atoms with Gasteiger partial charge in [-0.05, 0) is 25.7 Å². The van der Waals surface area contributed by atoms with Gasteiger partial charge in [0.05, 0.1) is 12.2 Å². The van der Waals surface area contributed by atoms with Crippen molar-refractivity contribution in [2.24, 2.45) is 5.41 Å². The largest absolute Gasteiger partial charge is 0.386 e. The van der Waals surface area contributed by atoms with Gasteiger partial charge in [-0.1, -0.05) is 39.8 Å². The Bertz CT molecular complexity index is 203. The SMILES string of the molecule is CC=CC(O)C(C)(CC)OCC(C)(C)C. The van der Waals surface area contributed by atoms with Crippen molar-refractivity contribution in [3.05, 3.63) is 12.2 Å². The predicted molar refractivity (Wildman–Crippen MR) is 64.9 cm³/mol. The quantitative estimate of drug-likeness (QED) is 0.712. The molecule has 1 N–H and O–H groups in total. The molecular formula is C13H26O2. The summed E-state index contributed by atoms with van der Waals surface area (Å²) in [6.45, 7) is 13.0. The Morgan fingerprint density at radius 3 is 2.13 bits per heavy atom. The van der Waals surface area contributed by atoms with Crippen LogP contribution in [0.5, 0.6) is 0 Å². The van der Waals surface area contributed by atoms with E-state index in [1.807, 2.05) is 26.8 Å². The van der Waals surface area contributed by atoms with Crippen LogP contribution < -0.4 is 0 Å². The molecule has 0 radical (unpaired) electrons. The lowest BCUT2D eigenvalue weighted by molar-refractivity contribution is -0.116. The summed E-state index contributed by atoms with van der Waals surface area (Å²) < 4.78 is 5.86. The van der Waals surface area contributed by atoms with Gasteiger partial charge in [0.2, 0.25) is 0 Å². The first-order chi connectivity index (χ1) is 6.75. The maximum absolute atomic E-state index is 9.95. The van der Waals surface area contributed by atoms with Gasteiger partial charge in [0.1, 0.15) is 6.10 Å². The lowest BCUT2D eigenvalue weighted by Crippen LogP contribution is -2.42. The highest BCUT2D eigenvalue weighted by atomic mass is 16.5. The first-order valence-corrected chi connectivity index (χ1v) is 5.70. The van der Waals surface area contributed by atoms with Gasteiger partial charge in [0.15, 0.2) is 0 Å². The third-order valence-electron chi connectivity index (χ3n) is 2.54. The smallest absolute Gasteiger partial charge is 0.101 e. The molecule has 0 saturated carbocycles. The van der Waals surface area contributed by atoms with Crippen LogP contribution in [0.3, 0.4) is 0 Å². The third kappa shape index (κ3) is 5.33. The van der Waals surface area contributed by atoms with Crippen molar-refractivity contribution in [1.82, 2.24) is 0 Å². The zero-order valence-corrected chi connectivity index (χ0v) is 11.0. The molecule has 2 atom stereocenters. The fraction of sp³-hybridized carbons (Fsp3) is 0.846. The van der Waals surface area contributed by atoms with Crippen molar-refractivity contribution in [3.8, 4) is 0 Å². The molecule has 0 bridgehead atoms. The van der Waals surface area contributed by atoms with Gasteiger partial charge in [-0.25, -0.2) is 0 Å². The van der Waals surface area contributed by atoms with E-state index >= 15 is 0 Å². The minimum absolute atomic E-state index is 0.131. The molecule has 0 aliphatic heterocycles. The first kappa shape index (κ1) is 14.7. The third-order valence-corrected chi connectivity index (χ3v) is 2.54. The number of aliphatic hydroxyl groups excluding tert-OH is 1. The minimum atomic E-state index is -0.533. The molecule has 2 heteroatoms. The van der Waals surface area contributed by atoms with Crippen molar-refractivity contribution in [2.45, 2.75) is 59.7 Å². The molecule has 0 fully saturated rings. The fourth-order valence-electron chi connectivity index (χ4n) is 1.16. The van der Waals surface area contributed by atoms with E-state index in [4.69, 9.17) is 4.74 Å². The van der Waals surface area contributed by atoms with Gasteiger partial charge in [0.25, 0.3) is 0 Å². The number of ether oxygens (including phenoxy) is 1. The zero-order valence-electron chi connectivity index (χ0n) is 11.0. The zero-order chi connectivity index (χ0) is 12.1. The molecule has 0 saturated heterocycles. The summed E-state index contributed by atoms with van der Waals surface area (Å²) in [6.07, 6.45) is 3.91. The highest BCUT2D eigenvalue weighted by molar-refractivity contribution is 4.97. The summed E-state index contributed by atoms with van der Waals surface area (Å²) in [4.78, 5) is 0. The summed E-state index contributed by atoms with van der Waals surface area (Å²) >= 11 is 0. The van der Waals surface area contributed by atoms with Crippen LogP contribution >= 0.6 is 0 Å². The van der Waals surface area contributed by atoms with E-state index in [1.165, 1.54) is 0 Å². The minimum Gasteiger partial charge on any atom is -0.386 e. The molecule has 0 aromatic heterocycles. The van der Waals surface area contributed by atoms with Gasteiger partial charge in [0, 0.05) is 0 Å². The van der Waals surface area contributed by atoms with E-state index in [1.54, 1.807) is 6.08 Å². The Labute approximate surface area is 94.3 Å². The maximum Gasteiger partial charge on any atom is 0.101 e. The topological polar surface area (TPSA) is 29.5 Å². The van der Waals surface area contributed by atoms with Crippen molar-refractivity contribution < 1.29 is 9.84 Å². The second kappa shape index (κ2) is 5.66. The fourth-order valence-corrected chi connectivity index (χ4v) is 1.16. The van der Waals surface area contributed by atoms with E-state index < -0.39 is 11.7 Å². The van der Waals surface area contributed by atoms with Gasteiger partial charge < -0.3 is 9.84 Å². The van der Waals surface area contributed by atoms with Crippen molar-refractivity contribution >= 4 is 0 Å². The molecule has 0 aromatic rings. The normalized spacial score (nSPS) is 19.1. The monoisotopic (exact) mass is 214 g/mol. The van der Waals surface area contributed by atoms with E-state index in [2.05, 4.69) is 20.8 Å². The molecule has 15 heavy (non-hydrogen) atoms. The number of allylic oxidation sites excluding steroid dienone is 1. The summed E-state index contributed by atoms with van der Waals surface area (Å²) in [5, 5.41) is 9.95. The van der Waals surface area contributed by atoms with Crippen LogP contribution in [0.4, 0.5) is 0 Å². The molecule has 0 aliphatic rings. The van der Waals surface area contributed by atoms with Crippen LogP contribution in [-0.2, 0) is 4.74 Å². The Morgan fingerprint density at radius 1 is 1.27 bits per heavy atom. The maximum atomic E-state index is 9.95. The molecule has 2 nitrogen and oxygen atoms in total. The van der Waals surface area contributed by atoms with Crippen LogP contribution in [0.1, 0.15) is 48.0 Å². The second-order valence-corrected chi connectivity index (χ2v) is 5.49. The standard InChI is InChI=1S/C13H26O2/c1-7-9-11(14)13(6,8-2)15-10-12(3,4)5/h7,9,11,14H,8,10H2,1-6H3. The Morgan fingerprint density at radius 2 is 1.80 bits per heavy atom. The van der Waals surface area contributed by atoms with Crippen LogP contribution in [-0.4, -0.2) is 23.4 Å². The highest BCUT2D eigenvalue weighted by Gasteiger charge is 2.31. The van der Waals surface area contributed by atoms with Gasteiger partial charge >= 0.3 is 0 Å². The van der Waals surface area contributed by atoms with Gasteiger partial charge in [-0.15, -0.1) is 0 Å². The summed E-state index contributed by atoms with van der Waals surface area (Å²) in [5.41, 5.74) is -0.341. The highest BCUT2D eigenvalue weighted by Crippen LogP contribution is 2.25. The molecule has 0 rings (SSSR count). The predicted octanol–water partition coefficient (Wildman–Crippen LogP) is 3.15. The van der Waals surface area contributed by atoms with E-state index in [-0.39, 0.29) is 5.41 Å². The Hall–Kier alpha value is -0.340. The van der Waals surface area contributed by atoms with Gasteiger partial charge in [-0.2, -0.15) is 0 Å². The molecule has 0 amide bonds. The second-order valence-electron chi connectivity index (χ2n) is 5.49. The van der Waals surface area contributed by atoms with Crippen molar-refractivity contribution in [2.75, 3.05) is 6.61 Å². The van der Waals surface area contributed by atoms with Crippen LogP contribution in [0.25, 0.3) is 0 Å². The number of aliphatic hydroxyl groups is 1.